The van der Waals surface area contributed by atoms with Crippen LogP contribution in [0.25, 0.3) is 0 Å². The maximum Gasteiger partial charge on any atom is 0.0589 e. The molecular weight excluding hydrogens is 252 g/mol. The van der Waals surface area contributed by atoms with Crippen LogP contribution in [-0.2, 0) is 15.9 Å². The summed E-state index contributed by atoms with van der Waals surface area (Å²) in [5.74, 6) is 0. The summed E-state index contributed by atoms with van der Waals surface area (Å²) in [4.78, 5) is 2.46. The Balaban J connectivity index is 1.82. The predicted molar refractivity (Wildman–Crippen MR) is 82.4 cm³/mol. The highest BCUT2D eigenvalue weighted by molar-refractivity contribution is 5.56. The molecule has 1 aliphatic heterocycles. The lowest BCUT2D eigenvalue weighted by Gasteiger charge is -2.25. The van der Waals surface area contributed by atoms with E-state index in [2.05, 4.69) is 34.5 Å². The van der Waals surface area contributed by atoms with Crippen molar-refractivity contribution in [1.82, 2.24) is 4.90 Å². The Labute approximate surface area is 122 Å². The van der Waals surface area contributed by atoms with Crippen LogP contribution in [0.1, 0.15) is 12.0 Å². The zero-order valence-corrected chi connectivity index (χ0v) is 12.6. The van der Waals surface area contributed by atoms with Crippen molar-refractivity contribution in [3.63, 3.8) is 0 Å². The number of ether oxygens (including phenoxy) is 2. The number of rotatable bonds is 9. The van der Waals surface area contributed by atoms with Crippen molar-refractivity contribution in [1.29, 1.82) is 0 Å². The second kappa shape index (κ2) is 8.25. The van der Waals surface area contributed by atoms with Gasteiger partial charge >= 0.3 is 0 Å². The molecule has 1 unspecified atom stereocenters. The monoisotopic (exact) mass is 278 g/mol. The fourth-order valence-corrected chi connectivity index (χ4v) is 2.74. The van der Waals surface area contributed by atoms with Gasteiger partial charge in [-0.05, 0) is 24.5 Å². The maximum atomic E-state index is 5.21. The lowest BCUT2D eigenvalue weighted by molar-refractivity contribution is 0.130. The van der Waals surface area contributed by atoms with E-state index in [0.717, 1.165) is 45.7 Å². The lowest BCUT2D eigenvalue weighted by Crippen LogP contribution is -2.38. The van der Waals surface area contributed by atoms with Crippen LogP contribution in [0.2, 0.25) is 0 Å². The van der Waals surface area contributed by atoms with E-state index in [-0.39, 0.29) is 0 Å². The molecular formula is C16H26N2O2. The SMILES string of the molecule is COCCCN(CCOC)CC1Cc2ccccc2N1. The van der Waals surface area contributed by atoms with Gasteiger partial charge in [0, 0.05) is 52.2 Å². The van der Waals surface area contributed by atoms with Crippen LogP contribution in [0.3, 0.4) is 0 Å². The predicted octanol–water partition coefficient (Wildman–Crippen LogP) is 2.01. The van der Waals surface area contributed by atoms with Crippen LogP contribution in [0, 0.1) is 0 Å². The van der Waals surface area contributed by atoms with Gasteiger partial charge in [-0.25, -0.2) is 0 Å². The zero-order valence-electron chi connectivity index (χ0n) is 12.6. The number of anilines is 1. The number of benzene rings is 1. The second-order valence-electron chi connectivity index (χ2n) is 5.34. The molecule has 1 aromatic rings. The van der Waals surface area contributed by atoms with E-state index in [0.29, 0.717) is 6.04 Å². The van der Waals surface area contributed by atoms with E-state index in [4.69, 9.17) is 9.47 Å². The lowest BCUT2D eigenvalue weighted by atomic mass is 10.1. The smallest absolute Gasteiger partial charge is 0.0589 e. The molecule has 20 heavy (non-hydrogen) atoms. The van der Waals surface area contributed by atoms with Crippen LogP contribution >= 0.6 is 0 Å². The van der Waals surface area contributed by atoms with Crippen LogP contribution in [-0.4, -0.2) is 58.0 Å². The van der Waals surface area contributed by atoms with Crippen LogP contribution < -0.4 is 5.32 Å². The summed E-state index contributed by atoms with van der Waals surface area (Å²) in [5.41, 5.74) is 2.72. The Morgan fingerprint density at radius 2 is 1.95 bits per heavy atom. The van der Waals surface area contributed by atoms with Gasteiger partial charge in [0.25, 0.3) is 0 Å². The number of nitrogens with one attached hydrogen (secondary N) is 1. The number of fused-ring (bicyclic) bond motifs is 1. The first-order valence-corrected chi connectivity index (χ1v) is 7.38. The molecule has 0 saturated heterocycles. The Kier molecular flexibility index (Phi) is 6.30. The largest absolute Gasteiger partial charge is 0.385 e. The zero-order chi connectivity index (χ0) is 14.2. The third kappa shape index (κ3) is 4.47. The average molecular weight is 278 g/mol. The van der Waals surface area contributed by atoms with Gasteiger partial charge in [0.05, 0.1) is 6.61 Å². The topological polar surface area (TPSA) is 33.7 Å². The summed E-state index contributed by atoms with van der Waals surface area (Å²) >= 11 is 0. The second-order valence-corrected chi connectivity index (χ2v) is 5.34. The van der Waals surface area contributed by atoms with Gasteiger partial charge in [-0.2, -0.15) is 0 Å². The van der Waals surface area contributed by atoms with Gasteiger partial charge in [0.1, 0.15) is 0 Å². The van der Waals surface area contributed by atoms with Gasteiger partial charge in [-0.1, -0.05) is 18.2 Å². The standard InChI is InChI=1S/C16H26N2O2/c1-19-10-5-8-18(9-11-20-2)13-15-12-14-6-3-4-7-16(14)17-15/h3-4,6-7,15,17H,5,8-13H2,1-2H3. The average Bonchev–Trinajstić information content (AvgIpc) is 2.87. The van der Waals surface area contributed by atoms with Crippen molar-refractivity contribution in [2.45, 2.75) is 18.9 Å². The first-order valence-electron chi connectivity index (χ1n) is 7.38. The molecule has 112 valence electrons. The Morgan fingerprint density at radius 1 is 1.15 bits per heavy atom. The molecule has 0 amide bonds. The number of methoxy groups -OCH3 is 2. The summed E-state index contributed by atoms with van der Waals surface area (Å²) in [7, 11) is 3.52. The minimum atomic E-state index is 0.506. The molecule has 1 N–H and O–H groups in total. The summed E-state index contributed by atoms with van der Waals surface area (Å²) < 4.78 is 10.4. The van der Waals surface area contributed by atoms with Crippen molar-refractivity contribution >= 4 is 5.69 Å². The highest BCUT2D eigenvalue weighted by atomic mass is 16.5. The Morgan fingerprint density at radius 3 is 2.70 bits per heavy atom. The van der Waals surface area contributed by atoms with Gasteiger partial charge < -0.3 is 14.8 Å². The van der Waals surface area contributed by atoms with Gasteiger partial charge in [-0.15, -0.1) is 0 Å². The Hall–Kier alpha value is -1.10. The molecule has 1 aromatic carbocycles. The van der Waals surface area contributed by atoms with Crippen molar-refractivity contribution in [2.75, 3.05) is 52.4 Å². The number of hydrogen-bond acceptors (Lipinski definition) is 4. The first kappa shape index (κ1) is 15.3. The van der Waals surface area contributed by atoms with E-state index in [1.165, 1.54) is 11.3 Å². The summed E-state index contributed by atoms with van der Waals surface area (Å²) in [6, 6.07) is 9.10. The molecule has 1 heterocycles. The number of nitrogens with zero attached hydrogens (tertiary/aromatic N) is 1. The van der Waals surface area contributed by atoms with Crippen molar-refractivity contribution in [3.05, 3.63) is 29.8 Å². The molecule has 1 aliphatic rings. The van der Waals surface area contributed by atoms with Gasteiger partial charge in [0.15, 0.2) is 0 Å². The van der Waals surface area contributed by atoms with E-state index in [9.17, 15) is 0 Å². The summed E-state index contributed by atoms with van der Waals surface area (Å²) in [6.07, 6.45) is 2.18. The third-order valence-corrected chi connectivity index (χ3v) is 3.76. The van der Waals surface area contributed by atoms with Crippen LogP contribution in [0.5, 0.6) is 0 Å². The molecule has 2 rings (SSSR count). The molecule has 1 atom stereocenters. The molecule has 0 saturated carbocycles. The van der Waals surface area contributed by atoms with Crippen molar-refractivity contribution < 1.29 is 9.47 Å². The molecule has 4 nitrogen and oxygen atoms in total. The minimum absolute atomic E-state index is 0.506. The minimum Gasteiger partial charge on any atom is -0.385 e. The molecule has 0 fully saturated rings. The van der Waals surface area contributed by atoms with Crippen LogP contribution in [0.4, 0.5) is 5.69 Å². The van der Waals surface area contributed by atoms with Crippen molar-refractivity contribution in [3.8, 4) is 0 Å². The van der Waals surface area contributed by atoms with E-state index >= 15 is 0 Å². The van der Waals surface area contributed by atoms with Crippen LogP contribution in [0.15, 0.2) is 24.3 Å². The van der Waals surface area contributed by atoms with Gasteiger partial charge in [0.2, 0.25) is 0 Å². The quantitative estimate of drug-likeness (QED) is 0.701. The molecule has 0 aromatic heterocycles. The first-order chi connectivity index (χ1) is 9.83. The van der Waals surface area contributed by atoms with E-state index in [1.807, 2.05) is 0 Å². The third-order valence-electron chi connectivity index (χ3n) is 3.76. The fourth-order valence-electron chi connectivity index (χ4n) is 2.74. The van der Waals surface area contributed by atoms with E-state index < -0.39 is 0 Å². The highest BCUT2D eigenvalue weighted by Gasteiger charge is 2.21. The van der Waals surface area contributed by atoms with Gasteiger partial charge in [-0.3, -0.25) is 4.90 Å². The molecule has 0 spiro atoms. The number of para-hydroxylation sites is 1. The Bertz CT molecular complexity index is 373. The summed E-state index contributed by atoms with van der Waals surface area (Å²) in [6.45, 7) is 4.71. The molecule has 0 aliphatic carbocycles. The molecule has 4 heteroatoms. The normalized spacial score (nSPS) is 17.2. The highest BCUT2D eigenvalue weighted by Crippen LogP contribution is 2.25. The van der Waals surface area contributed by atoms with Crippen molar-refractivity contribution in [2.24, 2.45) is 0 Å². The molecule has 0 radical (unpaired) electrons. The number of hydrogen-bond donors (Lipinski definition) is 1. The summed E-state index contributed by atoms with van der Waals surface area (Å²) in [5, 5.41) is 3.62. The van der Waals surface area contributed by atoms with E-state index in [1.54, 1.807) is 14.2 Å². The fraction of sp³-hybridized carbons (Fsp3) is 0.625. The maximum absolute atomic E-state index is 5.21. The molecule has 0 bridgehead atoms.